The fraction of sp³-hybridized carbons (Fsp3) is 0.615. The Labute approximate surface area is 110 Å². The van der Waals surface area contributed by atoms with Crippen molar-refractivity contribution in [2.24, 2.45) is 5.92 Å². The molecule has 0 radical (unpaired) electrons. The Morgan fingerprint density at radius 1 is 1.42 bits per heavy atom. The van der Waals surface area contributed by atoms with Crippen molar-refractivity contribution >= 4 is 5.82 Å². The Morgan fingerprint density at radius 2 is 2.21 bits per heavy atom. The zero-order valence-electron chi connectivity index (χ0n) is 10.9. The fourth-order valence-electron chi connectivity index (χ4n) is 2.38. The summed E-state index contributed by atoms with van der Waals surface area (Å²) in [6, 6.07) is 5.48. The molecule has 19 heavy (non-hydrogen) atoms. The number of nitrogens with one attached hydrogen (secondary N) is 1. The van der Waals surface area contributed by atoms with Gasteiger partial charge in [0, 0.05) is 19.6 Å². The third kappa shape index (κ3) is 3.59. The van der Waals surface area contributed by atoms with Gasteiger partial charge in [0.25, 0.3) is 0 Å². The van der Waals surface area contributed by atoms with E-state index in [1.54, 1.807) is 11.0 Å². The Kier molecular flexibility index (Phi) is 4.29. The van der Waals surface area contributed by atoms with E-state index in [9.17, 15) is 13.2 Å². The molecule has 1 aromatic rings. The fourth-order valence-corrected chi connectivity index (χ4v) is 2.38. The summed E-state index contributed by atoms with van der Waals surface area (Å²) in [6.45, 7) is 1.27. The molecule has 1 fully saturated rings. The molecule has 0 saturated carbocycles. The van der Waals surface area contributed by atoms with E-state index in [-0.39, 0.29) is 13.0 Å². The van der Waals surface area contributed by atoms with Crippen LogP contribution in [0.15, 0.2) is 18.2 Å². The lowest BCUT2D eigenvalue weighted by molar-refractivity contribution is -0.176. The average Bonchev–Trinajstić information content (AvgIpc) is 2.39. The third-order valence-electron chi connectivity index (χ3n) is 3.36. The molecule has 1 aliphatic rings. The van der Waals surface area contributed by atoms with E-state index >= 15 is 0 Å². The van der Waals surface area contributed by atoms with E-state index in [4.69, 9.17) is 0 Å². The monoisotopic (exact) mass is 273 g/mol. The minimum absolute atomic E-state index is 0.0134. The lowest BCUT2D eigenvalue weighted by atomic mass is 9.97. The minimum atomic E-state index is -4.11. The summed E-state index contributed by atoms with van der Waals surface area (Å²) in [6.07, 6.45) is -3.33. The first kappa shape index (κ1) is 14.1. The molecule has 3 nitrogen and oxygen atoms in total. The van der Waals surface area contributed by atoms with Gasteiger partial charge in [0.05, 0.1) is 11.6 Å². The number of hydrogen-bond donors (Lipinski definition) is 1. The lowest BCUT2D eigenvalue weighted by Gasteiger charge is -2.34. The van der Waals surface area contributed by atoms with Crippen molar-refractivity contribution in [2.45, 2.75) is 25.6 Å². The van der Waals surface area contributed by atoms with Crippen LogP contribution in [0.2, 0.25) is 0 Å². The van der Waals surface area contributed by atoms with Gasteiger partial charge < -0.3 is 10.2 Å². The second-order valence-corrected chi connectivity index (χ2v) is 4.84. The summed E-state index contributed by atoms with van der Waals surface area (Å²) >= 11 is 0. The van der Waals surface area contributed by atoms with Crippen LogP contribution < -0.4 is 10.2 Å². The van der Waals surface area contributed by atoms with Crippen LogP contribution in [0.25, 0.3) is 0 Å². The van der Waals surface area contributed by atoms with E-state index in [2.05, 4.69) is 10.3 Å². The van der Waals surface area contributed by atoms with Gasteiger partial charge in [-0.15, -0.1) is 0 Å². The van der Waals surface area contributed by atoms with E-state index in [0.717, 1.165) is 5.69 Å². The summed E-state index contributed by atoms with van der Waals surface area (Å²) in [5.74, 6) is -0.599. The molecule has 106 valence electrons. The maximum absolute atomic E-state index is 12.8. The standard InChI is InChI=1S/C13H18F3N3/c1-17-8-11-5-2-6-12(18-11)19-7-3-4-10(9-19)13(14,15)16/h2,5-6,10,17H,3-4,7-9H2,1H3. The summed E-state index contributed by atoms with van der Waals surface area (Å²) in [5, 5.41) is 2.99. The smallest absolute Gasteiger partial charge is 0.356 e. The molecule has 0 aromatic carbocycles. The van der Waals surface area contributed by atoms with Crippen molar-refractivity contribution in [1.29, 1.82) is 0 Å². The zero-order valence-corrected chi connectivity index (χ0v) is 10.9. The number of anilines is 1. The SMILES string of the molecule is CNCc1cccc(N2CCCC(C(F)(F)F)C2)n1. The molecule has 2 rings (SSSR count). The van der Waals surface area contributed by atoms with Gasteiger partial charge >= 0.3 is 6.18 Å². The van der Waals surface area contributed by atoms with Gasteiger partial charge in [0.1, 0.15) is 5.82 Å². The van der Waals surface area contributed by atoms with Crippen molar-refractivity contribution in [2.75, 3.05) is 25.0 Å². The molecule has 0 amide bonds. The molecule has 1 atom stereocenters. The van der Waals surface area contributed by atoms with Crippen molar-refractivity contribution in [3.8, 4) is 0 Å². The Bertz CT molecular complexity index is 420. The Hall–Kier alpha value is -1.30. The summed E-state index contributed by atoms with van der Waals surface area (Å²) < 4.78 is 38.3. The van der Waals surface area contributed by atoms with Crippen molar-refractivity contribution in [1.82, 2.24) is 10.3 Å². The number of piperidine rings is 1. The summed E-state index contributed by atoms with van der Waals surface area (Å²) in [4.78, 5) is 6.14. The van der Waals surface area contributed by atoms with Crippen LogP contribution >= 0.6 is 0 Å². The number of rotatable bonds is 3. The van der Waals surface area contributed by atoms with Crippen LogP contribution in [0.4, 0.5) is 19.0 Å². The molecule has 0 aliphatic carbocycles. The van der Waals surface area contributed by atoms with Gasteiger partial charge in [-0.25, -0.2) is 4.98 Å². The Balaban J connectivity index is 2.10. The number of halogens is 3. The first-order valence-corrected chi connectivity index (χ1v) is 6.43. The largest absolute Gasteiger partial charge is 0.393 e. The predicted octanol–water partition coefficient (Wildman–Crippen LogP) is 2.58. The van der Waals surface area contributed by atoms with Gasteiger partial charge in [-0.1, -0.05) is 6.07 Å². The van der Waals surface area contributed by atoms with Crippen LogP contribution in [-0.4, -0.2) is 31.3 Å². The van der Waals surface area contributed by atoms with Crippen LogP contribution in [0.5, 0.6) is 0 Å². The number of aromatic nitrogens is 1. The van der Waals surface area contributed by atoms with Gasteiger partial charge in [0.15, 0.2) is 0 Å². The van der Waals surface area contributed by atoms with E-state index in [1.165, 1.54) is 0 Å². The lowest BCUT2D eigenvalue weighted by Crippen LogP contribution is -2.42. The van der Waals surface area contributed by atoms with Gasteiger partial charge in [-0.3, -0.25) is 0 Å². The van der Waals surface area contributed by atoms with E-state index in [1.807, 2.05) is 19.2 Å². The molecule has 1 N–H and O–H groups in total. The van der Waals surface area contributed by atoms with Gasteiger partial charge in [-0.2, -0.15) is 13.2 Å². The third-order valence-corrected chi connectivity index (χ3v) is 3.36. The molecular formula is C13H18F3N3. The van der Waals surface area contributed by atoms with E-state index in [0.29, 0.717) is 25.3 Å². The number of alkyl halides is 3. The number of hydrogen-bond acceptors (Lipinski definition) is 3. The van der Waals surface area contributed by atoms with Gasteiger partial charge in [-0.05, 0) is 32.0 Å². The van der Waals surface area contributed by atoms with Crippen LogP contribution in [0.1, 0.15) is 18.5 Å². The summed E-state index contributed by atoms with van der Waals surface area (Å²) in [5.41, 5.74) is 0.842. The average molecular weight is 273 g/mol. The zero-order chi connectivity index (χ0) is 13.9. The molecule has 6 heteroatoms. The van der Waals surface area contributed by atoms with E-state index < -0.39 is 12.1 Å². The Morgan fingerprint density at radius 3 is 2.89 bits per heavy atom. The minimum Gasteiger partial charge on any atom is -0.356 e. The highest BCUT2D eigenvalue weighted by Gasteiger charge is 2.42. The number of pyridine rings is 1. The second-order valence-electron chi connectivity index (χ2n) is 4.84. The van der Waals surface area contributed by atoms with Crippen LogP contribution in [0, 0.1) is 5.92 Å². The molecule has 1 aliphatic heterocycles. The van der Waals surface area contributed by atoms with Crippen molar-refractivity contribution in [3.05, 3.63) is 23.9 Å². The number of nitrogens with zero attached hydrogens (tertiary/aromatic N) is 2. The first-order valence-electron chi connectivity index (χ1n) is 6.43. The second kappa shape index (κ2) is 5.77. The predicted molar refractivity (Wildman–Crippen MR) is 68.0 cm³/mol. The molecule has 0 spiro atoms. The quantitative estimate of drug-likeness (QED) is 0.917. The van der Waals surface area contributed by atoms with Crippen molar-refractivity contribution < 1.29 is 13.2 Å². The molecule has 0 bridgehead atoms. The maximum atomic E-state index is 12.8. The highest BCUT2D eigenvalue weighted by atomic mass is 19.4. The topological polar surface area (TPSA) is 28.2 Å². The molecular weight excluding hydrogens is 255 g/mol. The first-order chi connectivity index (χ1) is 9.00. The van der Waals surface area contributed by atoms with Gasteiger partial charge in [0.2, 0.25) is 0 Å². The molecule has 1 saturated heterocycles. The van der Waals surface area contributed by atoms with Crippen molar-refractivity contribution in [3.63, 3.8) is 0 Å². The maximum Gasteiger partial charge on any atom is 0.393 e. The molecule has 1 aromatic heterocycles. The molecule has 1 unspecified atom stereocenters. The summed E-state index contributed by atoms with van der Waals surface area (Å²) in [7, 11) is 1.81. The molecule has 2 heterocycles. The van der Waals surface area contributed by atoms with Crippen LogP contribution in [-0.2, 0) is 6.54 Å². The highest BCUT2D eigenvalue weighted by Crippen LogP contribution is 2.34. The normalized spacial score (nSPS) is 20.6. The van der Waals surface area contributed by atoms with Crippen LogP contribution in [0.3, 0.4) is 0 Å². The highest BCUT2D eigenvalue weighted by molar-refractivity contribution is 5.40.